The van der Waals surface area contributed by atoms with Gasteiger partial charge in [-0.15, -0.1) is 0 Å². The van der Waals surface area contributed by atoms with Crippen LogP contribution in [0.5, 0.6) is 0 Å². The molecule has 0 aliphatic heterocycles. The lowest BCUT2D eigenvalue weighted by Gasteiger charge is -2.24. The molecule has 0 aromatic carbocycles. The normalized spacial score (nSPS) is 12.2. The van der Waals surface area contributed by atoms with Gasteiger partial charge in [0.25, 0.3) is 0 Å². The second-order valence-corrected chi connectivity index (χ2v) is 5.10. The lowest BCUT2D eigenvalue weighted by Crippen LogP contribution is -2.33. The van der Waals surface area contributed by atoms with E-state index in [-0.39, 0.29) is 6.04 Å². The van der Waals surface area contributed by atoms with Gasteiger partial charge in [-0.3, -0.25) is 0 Å². The van der Waals surface area contributed by atoms with Gasteiger partial charge in [-0.1, -0.05) is 12.2 Å². The van der Waals surface area contributed by atoms with Crippen molar-refractivity contribution < 1.29 is 0 Å². The van der Waals surface area contributed by atoms with Crippen molar-refractivity contribution in [1.82, 2.24) is 9.97 Å². The first kappa shape index (κ1) is 12.6. The van der Waals surface area contributed by atoms with Crippen LogP contribution in [0.25, 0.3) is 0 Å². The van der Waals surface area contributed by atoms with Crippen molar-refractivity contribution in [2.45, 2.75) is 19.4 Å². The van der Waals surface area contributed by atoms with Crippen molar-refractivity contribution in [3.8, 4) is 0 Å². The topological polar surface area (TPSA) is 55.0 Å². The van der Waals surface area contributed by atoms with Crippen molar-refractivity contribution in [3.63, 3.8) is 0 Å². The highest BCUT2D eigenvalue weighted by Crippen LogP contribution is 2.11. The molecule has 0 spiro atoms. The molecule has 0 aliphatic rings. The molecular weight excluding hydrogens is 323 g/mol. The predicted octanol–water partition coefficient (Wildman–Crippen LogP) is 1.58. The summed E-state index contributed by atoms with van der Waals surface area (Å²) in [5.74, 6) is 0.694. The van der Waals surface area contributed by atoms with E-state index in [4.69, 9.17) is 18.0 Å². The van der Waals surface area contributed by atoms with E-state index < -0.39 is 0 Å². The van der Waals surface area contributed by atoms with Crippen LogP contribution < -0.4 is 10.6 Å². The van der Waals surface area contributed by atoms with Crippen molar-refractivity contribution >= 4 is 45.7 Å². The molecule has 0 bridgehead atoms. The van der Waals surface area contributed by atoms with Crippen LogP contribution in [0.1, 0.15) is 13.3 Å². The van der Waals surface area contributed by atoms with Gasteiger partial charge in [-0.05, 0) is 29.5 Å². The van der Waals surface area contributed by atoms with Gasteiger partial charge < -0.3 is 10.6 Å². The molecule has 0 radical (unpaired) electrons. The minimum Gasteiger partial charge on any atom is -0.393 e. The summed E-state index contributed by atoms with van der Waals surface area (Å²) < 4.78 is 1.02. The Kier molecular flexibility index (Phi) is 4.65. The molecule has 82 valence electrons. The SMILES string of the molecule is CC(CC(N)=S)N(C)c1ncc(I)cn1. The molecule has 1 aromatic rings. The second-order valence-electron chi connectivity index (χ2n) is 3.33. The lowest BCUT2D eigenvalue weighted by atomic mass is 10.2. The van der Waals surface area contributed by atoms with E-state index in [9.17, 15) is 0 Å². The number of rotatable bonds is 4. The van der Waals surface area contributed by atoms with E-state index in [1.807, 2.05) is 18.9 Å². The Morgan fingerprint density at radius 3 is 2.60 bits per heavy atom. The van der Waals surface area contributed by atoms with Crippen molar-refractivity contribution in [2.75, 3.05) is 11.9 Å². The van der Waals surface area contributed by atoms with Gasteiger partial charge in [0.2, 0.25) is 5.95 Å². The number of anilines is 1. The Hall–Kier alpha value is -0.500. The van der Waals surface area contributed by atoms with Gasteiger partial charge in [-0.2, -0.15) is 0 Å². The average Bonchev–Trinajstić information content (AvgIpc) is 2.17. The smallest absolute Gasteiger partial charge is 0.225 e. The fourth-order valence-corrected chi connectivity index (χ4v) is 1.63. The third kappa shape index (κ3) is 3.86. The van der Waals surface area contributed by atoms with Crippen LogP contribution in [-0.2, 0) is 0 Å². The molecule has 0 aliphatic carbocycles. The number of hydrogen-bond donors (Lipinski definition) is 1. The Balaban J connectivity index is 2.71. The fourth-order valence-electron chi connectivity index (χ4n) is 1.11. The zero-order chi connectivity index (χ0) is 11.4. The van der Waals surface area contributed by atoms with Crippen LogP contribution in [0.4, 0.5) is 5.95 Å². The summed E-state index contributed by atoms with van der Waals surface area (Å²) in [6, 6.07) is 0.211. The largest absolute Gasteiger partial charge is 0.393 e. The van der Waals surface area contributed by atoms with Crippen molar-refractivity contribution in [1.29, 1.82) is 0 Å². The van der Waals surface area contributed by atoms with Crippen LogP contribution in [0.2, 0.25) is 0 Å². The number of thiocarbonyl (C=S) groups is 1. The molecule has 0 saturated carbocycles. The molecule has 6 heteroatoms. The van der Waals surface area contributed by atoms with E-state index in [1.165, 1.54) is 0 Å². The molecule has 1 rings (SSSR count). The molecule has 1 heterocycles. The van der Waals surface area contributed by atoms with Gasteiger partial charge in [0.15, 0.2) is 0 Å². The van der Waals surface area contributed by atoms with Gasteiger partial charge in [0.1, 0.15) is 0 Å². The third-order valence-electron chi connectivity index (χ3n) is 2.08. The zero-order valence-corrected chi connectivity index (χ0v) is 11.6. The van der Waals surface area contributed by atoms with Crippen molar-refractivity contribution in [2.24, 2.45) is 5.73 Å². The summed E-state index contributed by atoms with van der Waals surface area (Å²) >= 11 is 7.04. The van der Waals surface area contributed by atoms with Gasteiger partial charge in [0.05, 0.1) is 4.99 Å². The van der Waals surface area contributed by atoms with E-state index in [1.54, 1.807) is 12.4 Å². The number of hydrogen-bond acceptors (Lipinski definition) is 4. The van der Waals surface area contributed by atoms with E-state index in [2.05, 4.69) is 32.6 Å². The molecule has 1 unspecified atom stereocenters. The maximum absolute atomic E-state index is 5.50. The highest BCUT2D eigenvalue weighted by atomic mass is 127. The summed E-state index contributed by atoms with van der Waals surface area (Å²) in [7, 11) is 1.94. The maximum atomic E-state index is 5.50. The monoisotopic (exact) mass is 336 g/mol. The fraction of sp³-hybridized carbons (Fsp3) is 0.444. The van der Waals surface area contributed by atoms with Crippen molar-refractivity contribution in [3.05, 3.63) is 16.0 Å². The Labute approximate surface area is 108 Å². The highest BCUT2D eigenvalue weighted by molar-refractivity contribution is 14.1. The maximum Gasteiger partial charge on any atom is 0.225 e. The van der Waals surface area contributed by atoms with Crippen LogP contribution in [0, 0.1) is 3.57 Å². The third-order valence-corrected chi connectivity index (χ3v) is 2.80. The Morgan fingerprint density at radius 2 is 2.13 bits per heavy atom. The number of nitrogens with two attached hydrogens (primary N) is 1. The molecular formula is C9H13IN4S. The van der Waals surface area contributed by atoms with Crippen LogP contribution in [0.3, 0.4) is 0 Å². The van der Waals surface area contributed by atoms with Crippen LogP contribution in [0.15, 0.2) is 12.4 Å². The summed E-state index contributed by atoms with van der Waals surface area (Å²) in [6.07, 6.45) is 4.24. The molecule has 4 nitrogen and oxygen atoms in total. The molecule has 0 amide bonds. The first-order chi connectivity index (χ1) is 7.00. The van der Waals surface area contributed by atoms with E-state index in [0.717, 1.165) is 3.57 Å². The van der Waals surface area contributed by atoms with Gasteiger partial charge >= 0.3 is 0 Å². The zero-order valence-electron chi connectivity index (χ0n) is 8.64. The first-order valence-electron chi connectivity index (χ1n) is 4.49. The minimum absolute atomic E-state index is 0.211. The quantitative estimate of drug-likeness (QED) is 0.668. The Bertz CT molecular complexity index is 340. The van der Waals surface area contributed by atoms with Gasteiger partial charge in [-0.25, -0.2) is 9.97 Å². The average molecular weight is 336 g/mol. The standard InChI is InChI=1S/C9H13IN4S/c1-6(3-8(11)15)14(2)9-12-4-7(10)5-13-9/h4-6H,3H2,1-2H3,(H2,11,15). The second kappa shape index (κ2) is 5.55. The first-order valence-corrected chi connectivity index (χ1v) is 5.98. The minimum atomic E-state index is 0.211. The summed E-state index contributed by atoms with van der Waals surface area (Å²) in [5, 5.41) is 0. The molecule has 2 N–H and O–H groups in total. The number of halogens is 1. The molecule has 15 heavy (non-hydrogen) atoms. The predicted molar refractivity (Wildman–Crippen MR) is 74.0 cm³/mol. The lowest BCUT2D eigenvalue weighted by molar-refractivity contribution is 0.693. The highest BCUT2D eigenvalue weighted by Gasteiger charge is 2.12. The number of aromatic nitrogens is 2. The molecule has 1 atom stereocenters. The van der Waals surface area contributed by atoms with Gasteiger partial charge in [0, 0.05) is 35.5 Å². The summed E-state index contributed by atoms with van der Waals surface area (Å²) in [6.45, 7) is 2.04. The van der Waals surface area contributed by atoms with Crippen LogP contribution >= 0.6 is 34.8 Å². The summed E-state index contributed by atoms with van der Waals surface area (Å²) in [4.78, 5) is 10.9. The Morgan fingerprint density at radius 1 is 1.60 bits per heavy atom. The number of nitrogens with zero attached hydrogens (tertiary/aromatic N) is 3. The summed E-state index contributed by atoms with van der Waals surface area (Å²) in [5.41, 5.74) is 5.50. The molecule has 0 fully saturated rings. The molecule has 0 saturated heterocycles. The van der Waals surface area contributed by atoms with Crippen LogP contribution in [-0.4, -0.2) is 28.0 Å². The van der Waals surface area contributed by atoms with E-state index >= 15 is 0 Å². The van der Waals surface area contributed by atoms with E-state index in [0.29, 0.717) is 17.4 Å². The molecule has 1 aromatic heterocycles.